The van der Waals surface area contributed by atoms with Crippen LogP contribution in [-0.4, -0.2) is 25.1 Å². The molecule has 0 aromatic heterocycles. The molecule has 0 fully saturated rings. The van der Waals surface area contributed by atoms with Gasteiger partial charge in [0, 0.05) is 46.6 Å². The van der Waals surface area contributed by atoms with Gasteiger partial charge in [-0.3, -0.25) is 0 Å². The minimum absolute atomic E-state index is 0. The third-order valence-corrected chi connectivity index (χ3v) is 5.42. The van der Waals surface area contributed by atoms with E-state index >= 15 is 0 Å². The van der Waals surface area contributed by atoms with Crippen LogP contribution in [0, 0.1) is 0 Å². The zero-order valence-electron chi connectivity index (χ0n) is 8.72. The number of hydrogen-bond donors (Lipinski definition) is 0. The van der Waals surface area contributed by atoms with E-state index in [0.717, 1.165) is 12.3 Å². The Morgan fingerprint density at radius 2 is 1.78 bits per heavy atom. The standard InChI is InChI=1S/C7H18P.Y/c1-5-8(4,6-2)7-3;/h5-7H2,1-4H3;/q+1;/i4D,5D;. The predicted molar refractivity (Wildman–Crippen MR) is 44.5 cm³/mol. The molecule has 0 N–H and O–H groups in total. The Morgan fingerprint density at radius 1 is 1.33 bits per heavy atom. The molecule has 53 valence electrons. The van der Waals surface area contributed by atoms with Crippen molar-refractivity contribution in [2.45, 2.75) is 20.8 Å². The van der Waals surface area contributed by atoms with E-state index in [1.54, 1.807) is 0 Å². The Morgan fingerprint density at radius 3 is 1.78 bits per heavy atom. The van der Waals surface area contributed by atoms with Crippen LogP contribution in [0.2, 0.25) is 0 Å². The summed E-state index contributed by atoms with van der Waals surface area (Å²) >= 11 is 0. The Kier molecular flexibility index (Phi) is 6.00. The van der Waals surface area contributed by atoms with Crippen molar-refractivity contribution in [3.05, 3.63) is 0 Å². The maximum Gasteiger partial charge on any atom is 0.0705 e. The molecule has 0 aliphatic carbocycles. The quantitative estimate of drug-likeness (QED) is 0.646. The maximum absolute atomic E-state index is 7.61. The monoisotopic (exact) mass is 224 g/mol. The van der Waals surface area contributed by atoms with E-state index in [2.05, 4.69) is 13.8 Å². The van der Waals surface area contributed by atoms with Crippen LogP contribution in [0.3, 0.4) is 0 Å². The Bertz CT molecular complexity index is 86.2. The first kappa shape index (κ1) is 8.63. The SMILES string of the molecule is [2H]C[P+](CC)(CC)C([2H])C.[Y]. The molecule has 0 bridgehead atoms. The van der Waals surface area contributed by atoms with Crippen molar-refractivity contribution in [1.29, 1.82) is 0 Å². The molecule has 0 heterocycles. The van der Waals surface area contributed by atoms with Crippen molar-refractivity contribution >= 4 is 7.26 Å². The summed E-state index contributed by atoms with van der Waals surface area (Å²) in [7, 11) is -1.18. The molecule has 0 aliphatic rings. The minimum atomic E-state index is -1.18. The molecule has 0 saturated heterocycles. The van der Waals surface area contributed by atoms with Gasteiger partial charge in [-0.1, -0.05) is 0 Å². The fourth-order valence-corrected chi connectivity index (χ4v) is 1.77. The molecule has 1 unspecified atom stereocenters. The molecule has 0 aromatic rings. The van der Waals surface area contributed by atoms with Gasteiger partial charge >= 0.3 is 0 Å². The van der Waals surface area contributed by atoms with Crippen LogP contribution in [0.15, 0.2) is 0 Å². The summed E-state index contributed by atoms with van der Waals surface area (Å²) in [5, 5.41) is 0. The normalized spacial score (nSPS) is 17.2. The van der Waals surface area contributed by atoms with E-state index in [9.17, 15) is 0 Å². The van der Waals surface area contributed by atoms with Crippen molar-refractivity contribution in [2.75, 3.05) is 25.1 Å². The van der Waals surface area contributed by atoms with Crippen LogP contribution in [0.25, 0.3) is 0 Å². The van der Waals surface area contributed by atoms with Crippen molar-refractivity contribution < 1.29 is 35.5 Å². The first-order chi connectivity index (χ1) is 4.63. The van der Waals surface area contributed by atoms with Crippen molar-refractivity contribution in [2.24, 2.45) is 0 Å². The van der Waals surface area contributed by atoms with Gasteiger partial charge in [0.1, 0.15) is 0 Å². The van der Waals surface area contributed by atoms with Gasteiger partial charge in [0.05, 0.1) is 21.2 Å². The Balaban J connectivity index is 0. The minimum Gasteiger partial charge on any atom is -0.0311 e. The van der Waals surface area contributed by atoms with E-state index in [1.807, 2.05) is 6.92 Å². The first-order valence-electron chi connectivity index (χ1n) is 4.48. The van der Waals surface area contributed by atoms with Gasteiger partial charge in [-0.25, -0.2) is 0 Å². The zero-order valence-corrected chi connectivity index (χ0v) is 10.5. The van der Waals surface area contributed by atoms with E-state index < -0.39 is 7.26 Å². The molecule has 0 nitrogen and oxygen atoms in total. The largest absolute Gasteiger partial charge is 0.0705 e. The van der Waals surface area contributed by atoms with E-state index in [4.69, 9.17) is 2.74 Å². The second-order valence-electron chi connectivity index (χ2n) is 2.11. The van der Waals surface area contributed by atoms with Gasteiger partial charge in [-0.15, -0.1) is 0 Å². The molecule has 9 heavy (non-hydrogen) atoms. The second-order valence-corrected chi connectivity index (χ2v) is 6.33. The van der Waals surface area contributed by atoms with Gasteiger partial charge in [-0.05, 0) is 20.8 Å². The predicted octanol–water partition coefficient (Wildman–Crippen LogP) is 2.69. The van der Waals surface area contributed by atoms with Gasteiger partial charge in [0.15, 0.2) is 0 Å². The molecular formula is C7H18PY+. The molecule has 0 amide bonds. The second kappa shape index (κ2) is 6.26. The average Bonchev–Trinajstić information content (AvgIpc) is 1.92. The van der Waals surface area contributed by atoms with E-state index in [-0.39, 0.29) is 38.8 Å². The van der Waals surface area contributed by atoms with Gasteiger partial charge in [-0.2, -0.15) is 0 Å². The van der Waals surface area contributed by atoms with Crippen LogP contribution >= 0.6 is 7.26 Å². The topological polar surface area (TPSA) is 0 Å². The number of hydrogen-bond acceptors (Lipinski definition) is 0. The van der Waals surface area contributed by atoms with Gasteiger partial charge < -0.3 is 0 Å². The van der Waals surface area contributed by atoms with Crippen LogP contribution < -0.4 is 0 Å². The first-order valence-corrected chi connectivity index (χ1v) is 5.61. The molecular weight excluding hydrogens is 204 g/mol. The number of rotatable bonds is 3. The third-order valence-electron chi connectivity index (χ3n) is 1.81. The molecule has 0 saturated carbocycles. The summed E-state index contributed by atoms with van der Waals surface area (Å²) < 4.78 is 15.0. The summed E-state index contributed by atoms with van der Waals surface area (Å²) in [6, 6.07) is 0. The molecule has 0 spiro atoms. The van der Waals surface area contributed by atoms with Gasteiger partial charge in [0.2, 0.25) is 0 Å². The Hall–Kier alpha value is 1.53. The van der Waals surface area contributed by atoms with Crippen molar-refractivity contribution in [1.82, 2.24) is 0 Å². The Labute approximate surface area is 88.2 Å². The molecule has 0 aliphatic heterocycles. The van der Waals surface area contributed by atoms with E-state index in [0.29, 0.717) is 6.64 Å². The summed E-state index contributed by atoms with van der Waals surface area (Å²) in [6.45, 7) is 6.69. The van der Waals surface area contributed by atoms with E-state index in [1.165, 1.54) is 0 Å². The molecule has 1 radical (unpaired) electrons. The summed E-state index contributed by atoms with van der Waals surface area (Å²) in [5.41, 5.74) is 0. The molecule has 1 atom stereocenters. The summed E-state index contributed by atoms with van der Waals surface area (Å²) in [6.07, 6.45) is 2.15. The van der Waals surface area contributed by atoms with Crippen molar-refractivity contribution in [3.63, 3.8) is 0 Å². The van der Waals surface area contributed by atoms with Crippen molar-refractivity contribution in [3.8, 4) is 0 Å². The van der Waals surface area contributed by atoms with Crippen LogP contribution in [0.1, 0.15) is 23.5 Å². The van der Waals surface area contributed by atoms with Crippen LogP contribution in [0.4, 0.5) is 0 Å². The molecule has 2 heteroatoms. The zero-order chi connectivity index (χ0) is 8.20. The summed E-state index contributed by atoms with van der Waals surface area (Å²) in [5.74, 6) is 0. The fraction of sp³-hybridized carbons (Fsp3) is 1.00. The maximum atomic E-state index is 7.61. The fourth-order valence-electron chi connectivity index (χ4n) is 0.589. The third kappa shape index (κ3) is 4.88. The van der Waals surface area contributed by atoms with Crippen LogP contribution in [0.5, 0.6) is 0 Å². The smallest absolute Gasteiger partial charge is 0.0311 e. The molecule has 0 aromatic carbocycles. The molecule has 0 rings (SSSR count). The average molecular weight is 224 g/mol. The van der Waals surface area contributed by atoms with Crippen LogP contribution in [-0.2, 0) is 32.7 Å². The summed E-state index contributed by atoms with van der Waals surface area (Å²) in [4.78, 5) is 0. The van der Waals surface area contributed by atoms with Gasteiger partial charge in [0.25, 0.3) is 0 Å².